The van der Waals surface area contributed by atoms with E-state index in [2.05, 4.69) is 10.9 Å². The van der Waals surface area contributed by atoms with Gasteiger partial charge in [0.2, 0.25) is 0 Å². The molecule has 0 aliphatic carbocycles. The van der Waals surface area contributed by atoms with E-state index in [1.165, 1.54) is 18.4 Å². The van der Waals surface area contributed by atoms with Crippen molar-refractivity contribution in [2.45, 2.75) is 6.54 Å². The maximum Gasteiger partial charge on any atom is 0.283 e. The van der Waals surface area contributed by atoms with Crippen LogP contribution in [-0.4, -0.2) is 24.7 Å². The summed E-state index contributed by atoms with van der Waals surface area (Å²) in [6.07, 6.45) is 5.51. The molecular formula is C19H16N2O3S. The van der Waals surface area contributed by atoms with E-state index in [0.717, 1.165) is 10.2 Å². The predicted molar refractivity (Wildman–Crippen MR) is 98.1 cm³/mol. The number of thiazole rings is 1. The first-order chi connectivity index (χ1) is 12.2. The molecule has 1 aromatic heterocycles. The number of methoxy groups -OCH3 is 2. The summed E-state index contributed by atoms with van der Waals surface area (Å²) in [7, 11) is 3.12. The fraction of sp³-hybridized carbons (Fsp3) is 0.158. The Hall–Kier alpha value is -3.04. The lowest BCUT2D eigenvalue weighted by atomic mass is 10.2. The molecule has 5 nitrogen and oxygen atoms in total. The van der Waals surface area contributed by atoms with Crippen molar-refractivity contribution in [3.05, 3.63) is 52.8 Å². The monoisotopic (exact) mass is 352 g/mol. The molecule has 2 aromatic carbocycles. The van der Waals surface area contributed by atoms with Crippen molar-refractivity contribution in [2.75, 3.05) is 14.2 Å². The lowest BCUT2D eigenvalue weighted by Gasteiger charge is -2.06. The Morgan fingerprint density at radius 3 is 2.60 bits per heavy atom. The summed E-state index contributed by atoms with van der Waals surface area (Å²) < 4.78 is 13.4. The van der Waals surface area contributed by atoms with Crippen molar-refractivity contribution in [1.29, 1.82) is 0 Å². The van der Waals surface area contributed by atoms with Crippen molar-refractivity contribution >= 4 is 27.5 Å². The van der Waals surface area contributed by atoms with Crippen molar-refractivity contribution < 1.29 is 14.3 Å². The van der Waals surface area contributed by atoms with Gasteiger partial charge in [-0.15, -0.1) is 6.42 Å². The lowest BCUT2D eigenvalue weighted by Crippen LogP contribution is -2.17. The number of carbonyl (C=O) groups is 1. The highest BCUT2D eigenvalue weighted by Crippen LogP contribution is 2.27. The number of hydrogen-bond acceptors (Lipinski definition) is 4. The van der Waals surface area contributed by atoms with Gasteiger partial charge in [-0.1, -0.05) is 35.5 Å². The van der Waals surface area contributed by atoms with Gasteiger partial charge >= 0.3 is 0 Å². The van der Waals surface area contributed by atoms with Gasteiger partial charge in [0.1, 0.15) is 17.0 Å². The molecule has 1 amide bonds. The summed E-state index contributed by atoms with van der Waals surface area (Å²) in [5.74, 6) is 3.40. The van der Waals surface area contributed by atoms with E-state index in [9.17, 15) is 4.79 Å². The molecule has 0 fully saturated rings. The van der Waals surface area contributed by atoms with E-state index in [-0.39, 0.29) is 5.91 Å². The quantitative estimate of drug-likeness (QED) is 0.678. The largest absolute Gasteiger partial charge is 0.496 e. The van der Waals surface area contributed by atoms with Gasteiger partial charge in [-0.3, -0.25) is 4.79 Å². The van der Waals surface area contributed by atoms with Crippen LogP contribution in [0, 0.1) is 12.3 Å². The van der Waals surface area contributed by atoms with E-state index in [1.807, 2.05) is 22.8 Å². The molecule has 0 bridgehead atoms. The van der Waals surface area contributed by atoms with E-state index >= 15 is 0 Å². The molecule has 0 aliphatic heterocycles. The zero-order valence-corrected chi connectivity index (χ0v) is 14.7. The first-order valence-corrected chi connectivity index (χ1v) is 8.33. The molecule has 0 atom stereocenters. The van der Waals surface area contributed by atoms with Crippen LogP contribution in [0.3, 0.4) is 0 Å². The predicted octanol–water partition coefficient (Wildman–Crippen LogP) is 3.09. The second kappa shape index (κ2) is 7.24. The van der Waals surface area contributed by atoms with Gasteiger partial charge in [-0.25, -0.2) is 0 Å². The number of aromatic nitrogens is 1. The summed E-state index contributed by atoms with van der Waals surface area (Å²) in [6.45, 7) is 0.290. The number of terminal acetylenes is 1. The summed E-state index contributed by atoms with van der Waals surface area (Å²) >= 11 is 1.39. The van der Waals surface area contributed by atoms with Crippen LogP contribution in [0.2, 0.25) is 0 Å². The molecule has 6 heteroatoms. The van der Waals surface area contributed by atoms with Crippen LogP contribution in [0.4, 0.5) is 0 Å². The molecule has 3 rings (SSSR count). The topological polar surface area (TPSA) is 52.8 Å². The third kappa shape index (κ3) is 3.14. The van der Waals surface area contributed by atoms with Crippen LogP contribution in [-0.2, 0) is 6.54 Å². The third-order valence-corrected chi connectivity index (χ3v) is 4.71. The van der Waals surface area contributed by atoms with Crippen molar-refractivity contribution in [1.82, 2.24) is 4.57 Å². The van der Waals surface area contributed by atoms with Gasteiger partial charge in [-0.2, -0.15) is 4.99 Å². The standard InChI is InChI=1S/C19H16N2O3S/c1-4-12-21-17-15(24-3)10-7-11-16(17)25-19(21)20-18(22)13-8-5-6-9-14(13)23-2/h1,5-11H,12H2,2-3H3. The third-order valence-electron chi connectivity index (χ3n) is 3.67. The second-order valence-corrected chi connectivity index (χ2v) is 6.11. The Kier molecular flexibility index (Phi) is 4.87. The minimum atomic E-state index is -0.381. The lowest BCUT2D eigenvalue weighted by molar-refractivity contribution is 0.0995. The van der Waals surface area contributed by atoms with Crippen LogP contribution in [0.1, 0.15) is 10.4 Å². The molecule has 0 spiro atoms. The number of amides is 1. The van der Waals surface area contributed by atoms with Crippen LogP contribution in [0.25, 0.3) is 10.2 Å². The first kappa shape index (κ1) is 16.8. The molecule has 126 valence electrons. The summed E-state index contributed by atoms with van der Waals surface area (Å²) in [5.41, 5.74) is 1.24. The number of fused-ring (bicyclic) bond motifs is 1. The Balaban J connectivity index is 2.21. The number of ether oxygens (including phenoxy) is 2. The first-order valence-electron chi connectivity index (χ1n) is 7.51. The molecule has 3 aromatic rings. The number of rotatable bonds is 4. The fourth-order valence-corrected chi connectivity index (χ4v) is 3.60. The molecule has 0 N–H and O–H groups in total. The summed E-state index contributed by atoms with van der Waals surface area (Å²) in [4.78, 5) is 17.4. The van der Waals surface area contributed by atoms with Crippen molar-refractivity contribution in [2.24, 2.45) is 4.99 Å². The van der Waals surface area contributed by atoms with Crippen LogP contribution < -0.4 is 14.3 Å². The highest BCUT2D eigenvalue weighted by atomic mass is 32.1. The van der Waals surface area contributed by atoms with E-state index in [0.29, 0.717) is 28.4 Å². The van der Waals surface area contributed by atoms with Gasteiger partial charge in [0, 0.05) is 0 Å². The fourth-order valence-electron chi connectivity index (χ4n) is 2.55. The Labute approximate surface area is 149 Å². The van der Waals surface area contributed by atoms with E-state index in [4.69, 9.17) is 15.9 Å². The molecule has 0 unspecified atom stereocenters. The van der Waals surface area contributed by atoms with Crippen molar-refractivity contribution in [3.63, 3.8) is 0 Å². The number of para-hydroxylation sites is 2. The summed E-state index contributed by atoms with van der Waals surface area (Å²) in [5, 5.41) is 0. The van der Waals surface area contributed by atoms with Crippen molar-refractivity contribution in [3.8, 4) is 23.8 Å². The number of benzene rings is 2. The van der Waals surface area contributed by atoms with Gasteiger partial charge < -0.3 is 14.0 Å². The van der Waals surface area contributed by atoms with E-state index < -0.39 is 0 Å². The summed E-state index contributed by atoms with van der Waals surface area (Å²) in [6, 6.07) is 12.7. The maximum absolute atomic E-state index is 12.6. The minimum absolute atomic E-state index is 0.290. The normalized spacial score (nSPS) is 11.3. The van der Waals surface area contributed by atoms with Gasteiger partial charge in [0.05, 0.1) is 31.0 Å². The Morgan fingerprint density at radius 2 is 1.88 bits per heavy atom. The van der Waals surface area contributed by atoms with E-state index in [1.54, 1.807) is 31.4 Å². The Morgan fingerprint density at radius 1 is 1.16 bits per heavy atom. The van der Waals surface area contributed by atoms with Crippen LogP contribution in [0.15, 0.2) is 47.5 Å². The molecule has 0 aliphatic rings. The van der Waals surface area contributed by atoms with Gasteiger partial charge in [0.25, 0.3) is 5.91 Å². The zero-order chi connectivity index (χ0) is 17.8. The minimum Gasteiger partial charge on any atom is -0.496 e. The van der Waals surface area contributed by atoms with Crippen LogP contribution >= 0.6 is 11.3 Å². The average Bonchev–Trinajstić information content (AvgIpc) is 2.99. The maximum atomic E-state index is 12.6. The molecule has 0 saturated carbocycles. The highest BCUT2D eigenvalue weighted by molar-refractivity contribution is 7.16. The zero-order valence-electron chi connectivity index (χ0n) is 13.9. The van der Waals surface area contributed by atoms with Gasteiger partial charge in [0.15, 0.2) is 4.80 Å². The smallest absolute Gasteiger partial charge is 0.283 e. The molecule has 25 heavy (non-hydrogen) atoms. The molecule has 0 saturated heterocycles. The Bertz CT molecular complexity index is 1040. The van der Waals surface area contributed by atoms with Gasteiger partial charge in [-0.05, 0) is 24.3 Å². The number of nitrogens with zero attached hydrogens (tertiary/aromatic N) is 2. The average molecular weight is 352 g/mol. The highest BCUT2D eigenvalue weighted by Gasteiger charge is 2.14. The van der Waals surface area contributed by atoms with Crippen LogP contribution in [0.5, 0.6) is 11.5 Å². The molecule has 0 radical (unpaired) electrons. The number of carbonyl (C=O) groups excluding carboxylic acids is 1. The second-order valence-electron chi connectivity index (χ2n) is 5.10. The molecular weight excluding hydrogens is 336 g/mol. The number of hydrogen-bond donors (Lipinski definition) is 0. The molecule has 1 heterocycles. The SMILES string of the molecule is C#CCn1c(=NC(=O)c2ccccc2OC)sc2cccc(OC)c21.